The fraction of sp³-hybridized carbons (Fsp3) is 0.381. The summed E-state index contributed by atoms with van der Waals surface area (Å²) in [5.41, 5.74) is -4.81. The molecule has 0 bridgehead atoms. The molecule has 0 N–H and O–H groups in total. The zero-order valence-corrected chi connectivity index (χ0v) is 17.0. The Labute approximate surface area is 174 Å². The Kier molecular flexibility index (Phi) is 5.62. The summed E-state index contributed by atoms with van der Waals surface area (Å²) in [7, 11) is 4.74. The van der Waals surface area contributed by atoms with Crippen molar-refractivity contribution in [2.45, 2.75) is 24.2 Å². The molecule has 3 rings (SSSR count). The smallest absolute Gasteiger partial charge is 0.463 e. The fourth-order valence-electron chi connectivity index (χ4n) is 4.02. The van der Waals surface area contributed by atoms with Crippen LogP contribution in [0, 0.1) is 5.92 Å². The zero-order chi connectivity index (χ0) is 23.2. The molecule has 0 aromatic heterocycles. The van der Waals surface area contributed by atoms with Gasteiger partial charge in [-0.3, -0.25) is 0 Å². The Morgan fingerprint density at radius 2 is 1.35 bits per heavy atom. The van der Waals surface area contributed by atoms with E-state index in [4.69, 9.17) is 18.9 Å². The van der Waals surface area contributed by atoms with Crippen LogP contribution in [0.1, 0.15) is 23.1 Å². The molecule has 0 spiro atoms. The topological polar surface area (TPSA) is 36.9 Å². The Hall–Kier alpha value is -2.91. The molecule has 0 radical (unpaired) electrons. The predicted octanol–water partition coefficient (Wildman–Crippen LogP) is 5.46. The van der Waals surface area contributed by atoms with E-state index in [2.05, 4.69) is 0 Å². The van der Waals surface area contributed by atoms with Gasteiger partial charge in [0.05, 0.1) is 47.0 Å². The highest BCUT2D eigenvalue weighted by molar-refractivity contribution is 5.67. The van der Waals surface area contributed by atoms with Gasteiger partial charge in [-0.1, -0.05) is 0 Å². The summed E-state index contributed by atoms with van der Waals surface area (Å²) in [5, 5.41) is 0. The standard InChI is InChI=1S/C21H19F6O4/c1-28-11-5-6-14(16(8-11)30-3)19(21(25,26)27)10-15(20(22,23)24)13-7-12(29-2)9-17(31-4)18(13)19/h5-9H,10H2,1-4H3/q+1. The van der Waals surface area contributed by atoms with Gasteiger partial charge in [-0.2, -0.15) is 26.3 Å². The summed E-state index contributed by atoms with van der Waals surface area (Å²) < 4.78 is 106. The molecule has 10 heteroatoms. The molecule has 0 aliphatic heterocycles. The molecule has 168 valence electrons. The van der Waals surface area contributed by atoms with Crippen LogP contribution < -0.4 is 18.9 Å². The molecule has 1 aliphatic carbocycles. The summed E-state index contributed by atoms with van der Waals surface area (Å²) >= 11 is 0. The summed E-state index contributed by atoms with van der Waals surface area (Å²) in [6.07, 6.45) is -11.5. The Morgan fingerprint density at radius 1 is 0.774 bits per heavy atom. The molecule has 1 unspecified atom stereocenters. The summed E-state index contributed by atoms with van der Waals surface area (Å²) in [5.74, 6) is -1.82. The van der Waals surface area contributed by atoms with E-state index in [9.17, 15) is 26.3 Å². The van der Waals surface area contributed by atoms with Crippen LogP contribution in [0.25, 0.3) is 0 Å². The van der Waals surface area contributed by atoms with Gasteiger partial charge in [0.2, 0.25) is 0 Å². The van der Waals surface area contributed by atoms with Crippen molar-refractivity contribution in [1.82, 2.24) is 0 Å². The van der Waals surface area contributed by atoms with E-state index in [1.165, 1.54) is 26.4 Å². The normalized spacial score (nSPS) is 18.6. The molecular formula is C21H19F6O4+. The molecule has 0 heterocycles. The lowest BCUT2D eigenvalue weighted by molar-refractivity contribution is -0.182. The third-order valence-corrected chi connectivity index (χ3v) is 5.42. The lowest BCUT2D eigenvalue weighted by atomic mass is 9.73. The van der Waals surface area contributed by atoms with Crippen LogP contribution in [0.5, 0.6) is 23.0 Å². The van der Waals surface area contributed by atoms with E-state index >= 15 is 0 Å². The van der Waals surface area contributed by atoms with Crippen molar-refractivity contribution in [2.24, 2.45) is 0 Å². The average Bonchev–Trinajstić information content (AvgIpc) is 3.09. The number of halogens is 6. The minimum absolute atomic E-state index is 0.0583. The predicted molar refractivity (Wildman–Crippen MR) is 98.9 cm³/mol. The first-order valence-corrected chi connectivity index (χ1v) is 8.93. The molecule has 31 heavy (non-hydrogen) atoms. The quantitative estimate of drug-likeness (QED) is 0.449. The number of alkyl halides is 6. The van der Waals surface area contributed by atoms with Crippen LogP contribution in [0.4, 0.5) is 26.3 Å². The van der Waals surface area contributed by atoms with E-state index in [1.807, 2.05) is 0 Å². The van der Waals surface area contributed by atoms with Crippen LogP contribution in [-0.2, 0) is 5.41 Å². The molecule has 4 nitrogen and oxygen atoms in total. The van der Waals surface area contributed by atoms with Crippen molar-refractivity contribution >= 4 is 0 Å². The first-order valence-electron chi connectivity index (χ1n) is 8.93. The number of ether oxygens (including phenoxy) is 4. The molecule has 0 saturated carbocycles. The van der Waals surface area contributed by atoms with E-state index in [1.54, 1.807) is 0 Å². The van der Waals surface area contributed by atoms with Crippen LogP contribution in [-0.4, -0.2) is 40.8 Å². The fourth-order valence-corrected chi connectivity index (χ4v) is 4.02. The lowest BCUT2D eigenvalue weighted by Crippen LogP contribution is -2.43. The first kappa shape index (κ1) is 22.8. The van der Waals surface area contributed by atoms with Crippen LogP contribution in [0.3, 0.4) is 0 Å². The maximum atomic E-state index is 14.8. The Bertz CT molecular complexity index is 970. The molecule has 0 saturated heterocycles. The van der Waals surface area contributed by atoms with Gasteiger partial charge in [0.25, 0.3) is 0 Å². The van der Waals surface area contributed by atoms with Gasteiger partial charge in [0.15, 0.2) is 22.5 Å². The van der Waals surface area contributed by atoms with Gasteiger partial charge in [0.1, 0.15) is 23.0 Å². The second kappa shape index (κ2) is 7.65. The van der Waals surface area contributed by atoms with Crippen molar-refractivity contribution in [3.8, 4) is 23.0 Å². The van der Waals surface area contributed by atoms with Crippen LogP contribution >= 0.6 is 0 Å². The number of rotatable bonds is 5. The third-order valence-electron chi connectivity index (χ3n) is 5.42. The van der Waals surface area contributed by atoms with Crippen LogP contribution in [0.2, 0.25) is 0 Å². The molecular weight excluding hydrogens is 430 g/mol. The van der Waals surface area contributed by atoms with Crippen molar-refractivity contribution in [3.05, 3.63) is 52.9 Å². The summed E-state index contributed by atoms with van der Waals surface area (Å²) in [4.78, 5) is 0. The highest BCUT2D eigenvalue weighted by Crippen LogP contribution is 2.64. The monoisotopic (exact) mass is 449 g/mol. The summed E-state index contributed by atoms with van der Waals surface area (Å²) in [6, 6.07) is 5.59. The minimum atomic E-state index is -5.13. The molecule has 0 amide bonds. The third kappa shape index (κ3) is 3.47. The van der Waals surface area contributed by atoms with Gasteiger partial charge in [-0.25, -0.2) is 0 Å². The lowest BCUT2D eigenvalue weighted by Gasteiger charge is -2.31. The number of hydrogen-bond acceptors (Lipinski definition) is 4. The van der Waals surface area contributed by atoms with Crippen LogP contribution in [0.15, 0.2) is 30.3 Å². The number of fused-ring (bicyclic) bond motifs is 1. The van der Waals surface area contributed by atoms with Crippen molar-refractivity contribution in [3.63, 3.8) is 0 Å². The molecule has 0 fully saturated rings. The molecule has 1 aliphatic rings. The Balaban J connectivity index is 2.47. The van der Waals surface area contributed by atoms with Gasteiger partial charge in [0, 0.05) is 11.6 Å². The van der Waals surface area contributed by atoms with E-state index in [-0.39, 0.29) is 23.0 Å². The summed E-state index contributed by atoms with van der Waals surface area (Å²) in [6.45, 7) is 0. The van der Waals surface area contributed by atoms with Gasteiger partial charge in [-0.15, -0.1) is 0 Å². The van der Waals surface area contributed by atoms with Gasteiger partial charge in [-0.05, 0) is 12.1 Å². The Morgan fingerprint density at radius 3 is 1.84 bits per heavy atom. The second-order valence-corrected chi connectivity index (χ2v) is 6.87. The number of hydrogen-bond donors (Lipinski definition) is 0. The van der Waals surface area contributed by atoms with Crippen molar-refractivity contribution in [1.29, 1.82) is 0 Å². The van der Waals surface area contributed by atoms with Gasteiger partial charge < -0.3 is 18.9 Å². The highest BCUT2D eigenvalue weighted by Gasteiger charge is 2.73. The van der Waals surface area contributed by atoms with E-state index in [0.29, 0.717) is 0 Å². The SMILES string of the molecule is COc1ccc(C2(C(F)(F)F)C[C+](C(F)(F)F)c3cc(OC)cc(OC)c32)c(OC)c1. The largest absolute Gasteiger partial charge is 0.497 e. The number of benzene rings is 2. The molecule has 2 aromatic carbocycles. The maximum Gasteiger partial charge on any atom is 0.463 e. The average molecular weight is 449 g/mol. The van der Waals surface area contributed by atoms with Crippen molar-refractivity contribution in [2.75, 3.05) is 28.4 Å². The zero-order valence-electron chi connectivity index (χ0n) is 17.0. The minimum Gasteiger partial charge on any atom is -0.497 e. The first-order chi connectivity index (χ1) is 14.4. The maximum absolute atomic E-state index is 14.8. The van der Waals surface area contributed by atoms with Gasteiger partial charge >= 0.3 is 12.4 Å². The van der Waals surface area contributed by atoms with E-state index in [0.717, 1.165) is 32.4 Å². The molecule has 2 aromatic rings. The highest BCUT2D eigenvalue weighted by atomic mass is 19.4. The van der Waals surface area contributed by atoms with Crippen molar-refractivity contribution < 1.29 is 45.3 Å². The van der Waals surface area contributed by atoms with E-state index < -0.39 is 46.8 Å². The number of methoxy groups -OCH3 is 4. The molecule has 1 atom stereocenters. The second-order valence-electron chi connectivity index (χ2n) is 6.87.